The lowest BCUT2D eigenvalue weighted by atomic mass is 9.84. The minimum atomic E-state index is -9.55. The fourth-order valence-electron chi connectivity index (χ4n) is 3.16. The first-order chi connectivity index (χ1) is 11.0. The van der Waals surface area contributed by atoms with Crippen LogP contribution in [0.2, 0.25) is 0 Å². The highest BCUT2D eigenvalue weighted by Crippen LogP contribution is 3.02. The summed E-state index contributed by atoms with van der Waals surface area (Å²) in [4.78, 5) is -1.81. The summed E-state index contributed by atoms with van der Waals surface area (Å²) in [5.41, 5.74) is 0.671. The number of hydrogen-bond acceptors (Lipinski definition) is 1. The van der Waals surface area contributed by atoms with Gasteiger partial charge in [0, 0.05) is 6.61 Å². The molecule has 24 heavy (non-hydrogen) atoms. The molecule has 0 radical (unpaired) electrons. The van der Waals surface area contributed by atoms with Gasteiger partial charge >= 0.3 is 10.2 Å². The molecule has 1 aliphatic carbocycles. The van der Waals surface area contributed by atoms with Gasteiger partial charge in [-0.15, -0.1) is 0 Å². The third-order valence-electron chi connectivity index (χ3n) is 4.56. The van der Waals surface area contributed by atoms with Gasteiger partial charge in [-0.05, 0) is 68.6 Å². The maximum absolute atomic E-state index is 12.7. The molecule has 2 rings (SSSR count). The molecule has 0 bridgehead atoms. The van der Waals surface area contributed by atoms with Gasteiger partial charge in [0.05, 0.1) is 6.10 Å². The maximum atomic E-state index is 12.7. The van der Waals surface area contributed by atoms with Gasteiger partial charge < -0.3 is 4.74 Å². The van der Waals surface area contributed by atoms with E-state index in [9.17, 15) is 19.4 Å². The predicted octanol–water partition coefficient (Wildman–Crippen LogP) is 7.26. The van der Waals surface area contributed by atoms with Gasteiger partial charge in [-0.3, -0.25) is 0 Å². The van der Waals surface area contributed by atoms with Crippen LogP contribution in [-0.2, 0) is 11.2 Å². The van der Waals surface area contributed by atoms with Crippen LogP contribution >= 0.6 is 10.2 Å². The molecule has 0 spiro atoms. The molecule has 0 heterocycles. The second kappa shape index (κ2) is 6.48. The van der Waals surface area contributed by atoms with Crippen molar-refractivity contribution < 1.29 is 24.2 Å². The molecule has 1 fully saturated rings. The second-order valence-corrected chi connectivity index (χ2v) is 9.07. The number of ether oxygens (including phenoxy) is 1. The first kappa shape index (κ1) is 19.5. The van der Waals surface area contributed by atoms with E-state index in [0.29, 0.717) is 36.1 Å². The van der Waals surface area contributed by atoms with Gasteiger partial charge in [-0.2, -0.15) is 0 Å². The summed E-state index contributed by atoms with van der Waals surface area (Å²) in [7, 11) is -9.55. The number of benzene rings is 1. The van der Waals surface area contributed by atoms with Gasteiger partial charge in [0.25, 0.3) is 0 Å². The summed E-state index contributed by atoms with van der Waals surface area (Å²) in [6.45, 7) is 2.86. The molecule has 0 N–H and O–H groups in total. The van der Waals surface area contributed by atoms with E-state index in [1.807, 2.05) is 0 Å². The summed E-state index contributed by atoms with van der Waals surface area (Å²) in [6, 6.07) is 3.35. The van der Waals surface area contributed by atoms with Crippen molar-refractivity contribution in [2.45, 2.75) is 62.9 Å². The van der Waals surface area contributed by atoms with Gasteiger partial charge in [-0.1, -0.05) is 38.5 Å². The zero-order valence-electron chi connectivity index (χ0n) is 13.8. The van der Waals surface area contributed by atoms with E-state index >= 15 is 0 Å². The Morgan fingerprint density at radius 1 is 0.958 bits per heavy atom. The van der Waals surface area contributed by atoms with Crippen LogP contribution in [0.5, 0.6) is 0 Å². The Morgan fingerprint density at radius 2 is 1.54 bits per heavy atom. The Kier molecular flexibility index (Phi) is 5.27. The average Bonchev–Trinajstić information content (AvgIpc) is 2.50. The minimum absolute atomic E-state index is 0.331. The molecule has 0 saturated heterocycles. The first-order valence-electron chi connectivity index (χ1n) is 8.42. The molecule has 7 heteroatoms. The Bertz CT molecular complexity index is 532. The molecular formula is C17H25F5OS. The van der Waals surface area contributed by atoms with Crippen molar-refractivity contribution in [3.8, 4) is 0 Å². The highest BCUT2D eigenvalue weighted by Gasteiger charge is 2.65. The third kappa shape index (κ3) is 5.92. The van der Waals surface area contributed by atoms with E-state index in [-0.39, 0.29) is 0 Å². The molecule has 1 aromatic rings. The lowest BCUT2D eigenvalue weighted by molar-refractivity contribution is 0.0177. The van der Waals surface area contributed by atoms with Gasteiger partial charge in [-0.25, -0.2) is 0 Å². The molecule has 0 aliphatic heterocycles. The Balaban J connectivity index is 1.82. The lowest BCUT2D eigenvalue weighted by Gasteiger charge is -2.40. The zero-order valence-corrected chi connectivity index (χ0v) is 14.6. The standard InChI is InChI=1S/C17H25F5OS/c1-2-13-23-16-9-5-14(6-10-16)3-4-15-7-11-17(12-8-15)24(18,19,20,21)22/h7-8,11-12,14,16H,2-6,9-10,13H2,1H3/t14-,16-. The van der Waals surface area contributed by atoms with E-state index in [4.69, 9.17) is 4.74 Å². The summed E-state index contributed by atoms with van der Waals surface area (Å²) >= 11 is 0. The topological polar surface area (TPSA) is 9.23 Å². The fourth-order valence-corrected chi connectivity index (χ4v) is 3.81. The van der Waals surface area contributed by atoms with Gasteiger partial charge in [0.15, 0.2) is 0 Å². The van der Waals surface area contributed by atoms with E-state index in [1.165, 1.54) is 12.1 Å². The SMILES string of the molecule is CCCO[C@H]1CC[C@H](CCc2ccc(S(F)(F)(F)(F)F)cc2)CC1. The Morgan fingerprint density at radius 3 is 2.04 bits per heavy atom. The van der Waals surface area contributed by atoms with Crippen molar-refractivity contribution in [1.82, 2.24) is 0 Å². The van der Waals surface area contributed by atoms with Crippen LogP contribution in [0.25, 0.3) is 0 Å². The summed E-state index contributed by atoms with van der Waals surface area (Å²) < 4.78 is 69.1. The zero-order chi connectivity index (χ0) is 17.9. The van der Waals surface area contributed by atoms with Crippen LogP contribution in [0.15, 0.2) is 29.2 Å². The van der Waals surface area contributed by atoms with Gasteiger partial charge in [0.1, 0.15) is 4.90 Å². The number of rotatable bonds is 7. The molecule has 1 nitrogen and oxygen atoms in total. The smallest absolute Gasteiger partial charge is 0.310 e. The van der Waals surface area contributed by atoms with Crippen molar-refractivity contribution in [3.05, 3.63) is 29.8 Å². The number of halogens is 5. The summed E-state index contributed by atoms with van der Waals surface area (Å²) in [5, 5.41) is 0. The van der Waals surface area contributed by atoms with E-state index < -0.39 is 15.1 Å². The van der Waals surface area contributed by atoms with Crippen molar-refractivity contribution in [1.29, 1.82) is 0 Å². The second-order valence-electron chi connectivity index (χ2n) is 6.67. The maximum Gasteiger partial charge on any atom is 0.310 e. The van der Waals surface area contributed by atoms with Crippen molar-refractivity contribution in [3.63, 3.8) is 0 Å². The monoisotopic (exact) mass is 372 g/mol. The summed E-state index contributed by atoms with van der Waals surface area (Å²) in [6.07, 6.45) is 6.98. The fraction of sp³-hybridized carbons (Fsp3) is 0.647. The number of aryl methyl sites for hydroxylation is 1. The van der Waals surface area contributed by atoms with Crippen LogP contribution in [0.3, 0.4) is 0 Å². The predicted molar refractivity (Wildman–Crippen MR) is 88.1 cm³/mol. The van der Waals surface area contributed by atoms with E-state index in [0.717, 1.165) is 45.1 Å². The first-order valence-corrected chi connectivity index (χ1v) is 10.4. The third-order valence-corrected chi connectivity index (χ3v) is 5.72. The van der Waals surface area contributed by atoms with Crippen LogP contribution in [0.4, 0.5) is 19.4 Å². The summed E-state index contributed by atoms with van der Waals surface area (Å²) in [5.74, 6) is 0.529. The quantitative estimate of drug-likeness (QED) is 0.458. The molecule has 140 valence electrons. The van der Waals surface area contributed by atoms with Crippen LogP contribution in [0.1, 0.15) is 51.0 Å². The van der Waals surface area contributed by atoms with E-state index in [1.54, 1.807) is 0 Å². The molecular weight excluding hydrogens is 347 g/mol. The molecule has 0 atom stereocenters. The molecule has 0 aromatic heterocycles. The van der Waals surface area contributed by atoms with Crippen molar-refractivity contribution >= 4 is 10.2 Å². The highest BCUT2D eigenvalue weighted by atomic mass is 32.5. The largest absolute Gasteiger partial charge is 0.378 e. The van der Waals surface area contributed by atoms with E-state index in [2.05, 4.69) is 6.92 Å². The van der Waals surface area contributed by atoms with Crippen molar-refractivity contribution in [2.75, 3.05) is 6.61 Å². The van der Waals surface area contributed by atoms with Crippen LogP contribution in [-0.4, -0.2) is 12.7 Å². The molecule has 0 amide bonds. The minimum Gasteiger partial charge on any atom is -0.378 e. The molecule has 0 unspecified atom stereocenters. The average molecular weight is 372 g/mol. The molecule has 1 aromatic carbocycles. The molecule has 1 aliphatic rings. The Hall–Kier alpha value is -0.820. The number of hydrogen-bond donors (Lipinski definition) is 0. The highest BCUT2D eigenvalue weighted by molar-refractivity contribution is 8.45. The van der Waals surface area contributed by atoms with Crippen LogP contribution < -0.4 is 0 Å². The van der Waals surface area contributed by atoms with Crippen LogP contribution in [0, 0.1) is 5.92 Å². The molecule has 1 saturated carbocycles. The lowest BCUT2D eigenvalue weighted by Crippen LogP contribution is -2.22. The Labute approximate surface area is 140 Å². The van der Waals surface area contributed by atoms with Crippen molar-refractivity contribution in [2.24, 2.45) is 5.92 Å². The van der Waals surface area contributed by atoms with Gasteiger partial charge in [0.2, 0.25) is 0 Å². The normalized spacial score (nSPS) is 25.1.